The van der Waals surface area contributed by atoms with Crippen molar-refractivity contribution in [3.63, 3.8) is 0 Å². The van der Waals surface area contributed by atoms with Crippen LogP contribution >= 0.6 is 0 Å². The van der Waals surface area contributed by atoms with Crippen LogP contribution in [-0.4, -0.2) is 25.2 Å². The van der Waals surface area contributed by atoms with Gasteiger partial charge in [0.05, 0.1) is 0 Å². The molecule has 0 atom stereocenters. The van der Waals surface area contributed by atoms with Gasteiger partial charge in [0, 0.05) is 18.3 Å². The van der Waals surface area contributed by atoms with Crippen LogP contribution < -0.4 is 20.1 Å². The van der Waals surface area contributed by atoms with Gasteiger partial charge in [0.15, 0.2) is 11.5 Å². The number of ether oxygens (including phenoxy) is 2. The molecule has 0 saturated carbocycles. The molecule has 0 spiro atoms. The van der Waals surface area contributed by atoms with Gasteiger partial charge >= 0.3 is 11.8 Å². The van der Waals surface area contributed by atoms with E-state index in [1.807, 2.05) is 0 Å². The fourth-order valence-corrected chi connectivity index (χ4v) is 2.35. The van der Waals surface area contributed by atoms with Crippen molar-refractivity contribution in [1.82, 2.24) is 5.32 Å². The maximum Gasteiger partial charge on any atom is 0.313 e. The Bertz CT molecular complexity index is 545. The Labute approximate surface area is 136 Å². The number of hydrogen-bond acceptors (Lipinski definition) is 4. The number of fused-ring (bicyclic) bond motifs is 1. The van der Waals surface area contributed by atoms with Crippen LogP contribution in [0.3, 0.4) is 0 Å². The van der Waals surface area contributed by atoms with Crippen LogP contribution in [0.5, 0.6) is 11.5 Å². The molecule has 0 saturated heterocycles. The minimum absolute atomic E-state index is 0.172. The zero-order valence-corrected chi connectivity index (χ0v) is 13.5. The number of carbonyl (C=O) groups excluding carboxylic acids is 2. The molecule has 2 rings (SSSR count). The van der Waals surface area contributed by atoms with E-state index in [9.17, 15) is 9.59 Å². The highest BCUT2D eigenvalue weighted by atomic mass is 16.7. The van der Waals surface area contributed by atoms with Crippen molar-refractivity contribution < 1.29 is 19.1 Å². The first-order valence-electron chi connectivity index (χ1n) is 8.19. The minimum Gasteiger partial charge on any atom is -0.454 e. The molecule has 23 heavy (non-hydrogen) atoms. The highest BCUT2D eigenvalue weighted by molar-refractivity contribution is 6.39. The zero-order valence-electron chi connectivity index (χ0n) is 13.5. The average molecular weight is 320 g/mol. The number of benzene rings is 1. The predicted molar refractivity (Wildman–Crippen MR) is 87.6 cm³/mol. The molecule has 6 heteroatoms. The second-order valence-corrected chi connectivity index (χ2v) is 5.55. The number of carbonyl (C=O) groups is 2. The van der Waals surface area contributed by atoms with Gasteiger partial charge in [0.25, 0.3) is 0 Å². The summed E-state index contributed by atoms with van der Waals surface area (Å²) in [7, 11) is 0. The minimum atomic E-state index is -0.671. The van der Waals surface area contributed by atoms with Crippen LogP contribution in [0.15, 0.2) is 18.2 Å². The molecule has 0 aliphatic carbocycles. The molecule has 2 N–H and O–H groups in total. The van der Waals surface area contributed by atoms with Gasteiger partial charge in [-0.15, -0.1) is 0 Å². The molecule has 1 aromatic rings. The first-order valence-corrected chi connectivity index (χ1v) is 8.19. The zero-order chi connectivity index (χ0) is 16.5. The van der Waals surface area contributed by atoms with Gasteiger partial charge in [0.2, 0.25) is 6.79 Å². The summed E-state index contributed by atoms with van der Waals surface area (Å²) in [6.45, 7) is 2.88. The fraction of sp³-hybridized carbons (Fsp3) is 0.529. The van der Waals surface area contributed by atoms with Crippen molar-refractivity contribution in [1.29, 1.82) is 0 Å². The maximum atomic E-state index is 11.8. The van der Waals surface area contributed by atoms with E-state index in [1.54, 1.807) is 18.2 Å². The molecule has 1 aliphatic rings. The monoisotopic (exact) mass is 320 g/mol. The van der Waals surface area contributed by atoms with Crippen LogP contribution in [0.2, 0.25) is 0 Å². The summed E-state index contributed by atoms with van der Waals surface area (Å²) < 4.78 is 10.4. The Balaban J connectivity index is 1.66. The molecular formula is C17H24N2O4. The van der Waals surface area contributed by atoms with Crippen LogP contribution in [0.25, 0.3) is 0 Å². The van der Waals surface area contributed by atoms with Gasteiger partial charge in [-0.1, -0.05) is 39.0 Å². The lowest BCUT2D eigenvalue weighted by molar-refractivity contribution is -0.136. The molecule has 1 aromatic carbocycles. The molecule has 1 heterocycles. The molecule has 1 aliphatic heterocycles. The van der Waals surface area contributed by atoms with Crippen molar-refractivity contribution in [3.8, 4) is 11.5 Å². The third-order valence-corrected chi connectivity index (χ3v) is 3.65. The number of unbranched alkanes of at least 4 members (excludes halogenated alkanes) is 5. The van der Waals surface area contributed by atoms with Crippen LogP contribution in [0.4, 0.5) is 5.69 Å². The summed E-state index contributed by atoms with van der Waals surface area (Å²) in [5.41, 5.74) is 0.508. The smallest absolute Gasteiger partial charge is 0.313 e. The van der Waals surface area contributed by atoms with Crippen molar-refractivity contribution in [2.24, 2.45) is 0 Å². The number of rotatable bonds is 8. The first-order chi connectivity index (χ1) is 11.2. The summed E-state index contributed by atoms with van der Waals surface area (Å²) in [6, 6.07) is 5.01. The Morgan fingerprint density at radius 1 is 1.00 bits per heavy atom. The summed E-state index contributed by atoms with van der Waals surface area (Å²) in [5, 5.41) is 5.19. The highest BCUT2D eigenvalue weighted by Crippen LogP contribution is 2.34. The third-order valence-electron chi connectivity index (χ3n) is 3.65. The molecule has 0 unspecified atom stereocenters. The van der Waals surface area contributed by atoms with Crippen molar-refractivity contribution in [2.45, 2.75) is 45.4 Å². The van der Waals surface area contributed by atoms with Crippen molar-refractivity contribution in [3.05, 3.63) is 18.2 Å². The van der Waals surface area contributed by atoms with Crippen LogP contribution in [0, 0.1) is 0 Å². The maximum absolute atomic E-state index is 11.8. The second-order valence-electron chi connectivity index (χ2n) is 5.55. The van der Waals surface area contributed by atoms with E-state index in [1.165, 1.54) is 25.7 Å². The second kappa shape index (κ2) is 9.02. The van der Waals surface area contributed by atoms with E-state index < -0.39 is 11.8 Å². The number of nitrogens with one attached hydrogen (secondary N) is 2. The van der Waals surface area contributed by atoms with Gasteiger partial charge < -0.3 is 20.1 Å². The van der Waals surface area contributed by atoms with Crippen molar-refractivity contribution >= 4 is 17.5 Å². The lowest BCUT2D eigenvalue weighted by Gasteiger charge is -2.07. The first kappa shape index (κ1) is 17.1. The normalized spacial score (nSPS) is 12.0. The Kier molecular flexibility index (Phi) is 6.72. The summed E-state index contributed by atoms with van der Waals surface area (Å²) >= 11 is 0. The highest BCUT2D eigenvalue weighted by Gasteiger charge is 2.17. The average Bonchev–Trinajstić information content (AvgIpc) is 3.01. The summed E-state index contributed by atoms with van der Waals surface area (Å²) in [5.74, 6) is -0.0862. The number of hydrogen-bond donors (Lipinski definition) is 2. The third kappa shape index (κ3) is 5.47. The Morgan fingerprint density at radius 3 is 2.57 bits per heavy atom. The molecule has 0 aromatic heterocycles. The largest absolute Gasteiger partial charge is 0.454 e. The number of amides is 2. The van der Waals surface area contributed by atoms with E-state index in [0.717, 1.165) is 12.8 Å². The van der Waals surface area contributed by atoms with E-state index >= 15 is 0 Å². The standard InChI is InChI=1S/C17H24N2O4/c1-2-3-4-5-6-7-10-18-16(20)17(21)19-13-8-9-14-15(11-13)23-12-22-14/h8-9,11H,2-7,10,12H2,1H3,(H,18,20)(H,19,21). The van der Waals surface area contributed by atoms with Gasteiger partial charge in [-0.3, -0.25) is 9.59 Å². The fourth-order valence-electron chi connectivity index (χ4n) is 2.35. The molecular weight excluding hydrogens is 296 g/mol. The van der Waals surface area contributed by atoms with Gasteiger partial charge in [-0.25, -0.2) is 0 Å². The quantitative estimate of drug-likeness (QED) is 0.570. The number of anilines is 1. The topological polar surface area (TPSA) is 76.7 Å². The Hall–Kier alpha value is -2.24. The molecule has 0 radical (unpaired) electrons. The summed E-state index contributed by atoms with van der Waals surface area (Å²) in [4.78, 5) is 23.6. The molecule has 0 fully saturated rings. The predicted octanol–water partition coefficient (Wildman–Crippen LogP) is 2.83. The van der Waals surface area contributed by atoms with E-state index in [0.29, 0.717) is 23.7 Å². The van der Waals surface area contributed by atoms with E-state index in [4.69, 9.17) is 9.47 Å². The molecule has 6 nitrogen and oxygen atoms in total. The van der Waals surface area contributed by atoms with E-state index in [2.05, 4.69) is 17.6 Å². The molecule has 0 bridgehead atoms. The van der Waals surface area contributed by atoms with Gasteiger partial charge in [0.1, 0.15) is 0 Å². The molecule has 2 amide bonds. The SMILES string of the molecule is CCCCCCCCNC(=O)C(=O)Nc1ccc2c(c1)OCO2. The Morgan fingerprint density at radius 2 is 1.74 bits per heavy atom. The lowest BCUT2D eigenvalue weighted by Crippen LogP contribution is -2.35. The van der Waals surface area contributed by atoms with Crippen LogP contribution in [0.1, 0.15) is 45.4 Å². The van der Waals surface area contributed by atoms with Gasteiger partial charge in [-0.2, -0.15) is 0 Å². The van der Waals surface area contributed by atoms with Crippen molar-refractivity contribution in [2.75, 3.05) is 18.7 Å². The van der Waals surface area contributed by atoms with Crippen LogP contribution in [-0.2, 0) is 9.59 Å². The lowest BCUT2D eigenvalue weighted by atomic mass is 10.1. The molecule has 126 valence electrons. The van der Waals surface area contributed by atoms with Gasteiger partial charge in [-0.05, 0) is 18.6 Å². The summed E-state index contributed by atoms with van der Waals surface area (Å²) in [6.07, 6.45) is 6.85. The van der Waals surface area contributed by atoms with E-state index in [-0.39, 0.29) is 6.79 Å².